The molecule has 1 amide bonds. The number of carbonyl (C=O) groups excluding carboxylic acids is 1. The van der Waals surface area contributed by atoms with Gasteiger partial charge in [0.1, 0.15) is 6.54 Å². The summed E-state index contributed by atoms with van der Waals surface area (Å²) in [6, 6.07) is 3.22. The molecule has 0 spiro atoms. The highest BCUT2D eigenvalue weighted by atomic mass is 16.2. The fourth-order valence-electron chi connectivity index (χ4n) is 0.905. The molecule has 0 aromatic carbocycles. The third-order valence-corrected chi connectivity index (χ3v) is 1.48. The molecule has 1 aromatic rings. The van der Waals surface area contributed by atoms with Crippen molar-refractivity contribution < 1.29 is 4.79 Å². The first-order valence-electron chi connectivity index (χ1n) is 3.55. The summed E-state index contributed by atoms with van der Waals surface area (Å²) in [6.45, 7) is 1.76. The SMILES string of the molecule is Cc1ccn(CC(N)=O)c(=O)c1. The fourth-order valence-corrected chi connectivity index (χ4v) is 0.905. The smallest absolute Gasteiger partial charge is 0.251 e. The van der Waals surface area contributed by atoms with Gasteiger partial charge < -0.3 is 10.3 Å². The first-order valence-corrected chi connectivity index (χ1v) is 3.55. The van der Waals surface area contributed by atoms with Crippen LogP contribution in [-0.4, -0.2) is 10.5 Å². The van der Waals surface area contributed by atoms with Crippen LogP contribution in [0.4, 0.5) is 0 Å². The van der Waals surface area contributed by atoms with Gasteiger partial charge >= 0.3 is 0 Å². The molecule has 0 radical (unpaired) electrons. The second-order valence-electron chi connectivity index (χ2n) is 2.64. The van der Waals surface area contributed by atoms with Gasteiger partial charge in [-0.15, -0.1) is 0 Å². The number of nitrogens with zero attached hydrogens (tertiary/aromatic N) is 1. The second kappa shape index (κ2) is 3.21. The van der Waals surface area contributed by atoms with E-state index in [2.05, 4.69) is 0 Å². The van der Waals surface area contributed by atoms with Crippen LogP contribution in [0.25, 0.3) is 0 Å². The Bertz CT molecular complexity index is 354. The molecule has 4 nitrogen and oxygen atoms in total. The van der Waals surface area contributed by atoms with Gasteiger partial charge in [-0.2, -0.15) is 0 Å². The average Bonchev–Trinajstić information content (AvgIpc) is 1.94. The summed E-state index contributed by atoms with van der Waals surface area (Å²) in [6.07, 6.45) is 1.56. The van der Waals surface area contributed by atoms with Crippen molar-refractivity contribution in [2.75, 3.05) is 0 Å². The minimum atomic E-state index is -0.513. The molecule has 0 unspecified atom stereocenters. The standard InChI is InChI=1S/C8H10N2O2/c1-6-2-3-10(5-7(9)11)8(12)4-6/h2-4H,5H2,1H3,(H2,9,11). The molecule has 1 aromatic heterocycles. The van der Waals surface area contributed by atoms with Crippen LogP contribution in [0.2, 0.25) is 0 Å². The molecule has 0 aliphatic heterocycles. The lowest BCUT2D eigenvalue weighted by molar-refractivity contribution is -0.118. The van der Waals surface area contributed by atoms with E-state index in [0.29, 0.717) is 0 Å². The zero-order valence-corrected chi connectivity index (χ0v) is 6.78. The van der Waals surface area contributed by atoms with Crippen molar-refractivity contribution in [1.29, 1.82) is 0 Å². The van der Waals surface area contributed by atoms with Crippen LogP contribution in [0.3, 0.4) is 0 Å². The van der Waals surface area contributed by atoms with Gasteiger partial charge in [-0.05, 0) is 18.6 Å². The van der Waals surface area contributed by atoms with Gasteiger partial charge in [0.2, 0.25) is 5.91 Å². The summed E-state index contributed by atoms with van der Waals surface area (Å²) >= 11 is 0. The predicted molar refractivity (Wildman–Crippen MR) is 44.6 cm³/mol. The van der Waals surface area contributed by atoms with E-state index in [-0.39, 0.29) is 12.1 Å². The van der Waals surface area contributed by atoms with Gasteiger partial charge in [0.15, 0.2) is 0 Å². The van der Waals surface area contributed by atoms with Crippen molar-refractivity contribution in [3.63, 3.8) is 0 Å². The lowest BCUT2D eigenvalue weighted by atomic mass is 10.3. The number of aryl methyl sites for hydroxylation is 1. The molecule has 1 rings (SSSR count). The first kappa shape index (κ1) is 8.52. The van der Waals surface area contributed by atoms with E-state index in [1.807, 2.05) is 6.92 Å². The number of carbonyl (C=O) groups is 1. The number of hydrogen-bond donors (Lipinski definition) is 1. The van der Waals surface area contributed by atoms with Gasteiger partial charge in [-0.3, -0.25) is 9.59 Å². The summed E-state index contributed by atoms with van der Waals surface area (Å²) in [7, 11) is 0. The summed E-state index contributed by atoms with van der Waals surface area (Å²) < 4.78 is 1.27. The van der Waals surface area contributed by atoms with E-state index in [1.54, 1.807) is 12.3 Å². The lowest BCUT2D eigenvalue weighted by Gasteiger charge is -2.01. The molecule has 64 valence electrons. The summed E-state index contributed by atoms with van der Waals surface area (Å²) in [4.78, 5) is 21.6. The largest absolute Gasteiger partial charge is 0.368 e. The fraction of sp³-hybridized carbons (Fsp3) is 0.250. The molecule has 0 saturated carbocycles. The van der Waals surface area contributed by atoms with Crippen molar-refractivity contribution in [3.8, 4) is 0 Å². The Morgan fingerprint density at radius 3 is 2.83 bits per heavy atom. The van der Waals surface area contributed by atoms with E-state index < -0.39 is 5.91 Å². The molecule has 0 aliphatic rings. The van der Waals surface area contributed by atoms with E-state index in [4.69, 9.17) is 5.73 Å². The highest BCUT2D eigenvalue weighted by Crippen LogP contribution is 1.89. The third kappa shape index (κ3) is 1.95. The van der Waals surface area contributed by atoms with E-state index in [1.165, 1.54) is 10.6 Å². The maximum absolute atomic E-state index is 11.1. The highest BCUT2D eigenvalue weighted by molar-refractivity contribution is 5.73. The van der Waals surface area contributed by atoms with Crippen LogP contribution < -0.4 is 11.3 Å². The first-order chi connectivity index (χ1) is 5.59. The molecule has 1 heterocycles. The van der Waals surface area contributed by atoms with Gasteiger partial charge in [-0.25, -0.2) is 0 Å². The van der Waals surface area contributed by atoms with Crippen molar-refractivity contribution in [2.24, 2.45) is 5.73 Å². The molecule has 12 heavy (non-hydrogen) atoms. The summed E-state index contributed by atoms with van der Waals surface area (Å²) in [5.74, 6) is -0.513. The second-order valence-corrected chi connectivity index (χ2v) is 2.64. The molecule has 2 N–H and O–H groups in total. The molecule has 4 heteroatoms. The molecular formula is C8H10N2O2. The van der Waals surface area contributed by atoms with Gasteiger partial charge in [-0.1, -0.05) is 0 Å². The lowest BCUT2D eigenvalue weighted by Crippen LogP contribution is -2.27. The third-order valence-electron chi connectivity index (χ3n) is 1.48. The van der Waals surface area contributed by atoms with Crippen LogP contribution in [0.5, 0.6) is 0 Å². The van der Waals surface area contributed by atoms with Crippen molar-refractivity contribution in [1.82, 2.24) is 4.57 Å². The highest BCUT2D eigenvalue weighted by Gasteiger charge is 1.98. The molecule has 0 atom stereocenters. The number of aromatic nitrogens is 1. The zero-order chi connectivity index (χ0) is 9.14. The Morgan fingerprint density at radius 1 is 1.67 bits per heavy atom. The van der Waals surface area contributed by atoms with E-state index in [9.17, 15) is 9.59 Å². The van der Waals surface area contributed by atoms with Crippen LogP contribution in [0.1, 0.15) is 5.56 Å². The molecular weight excluding hydrogens is 156 g/mol. The maximum atomic E-state index is 11.1. The number of nitrogens with two attached hydrogens (primary N) is 1. The van der Waals surface area contributed by atoms with E-state index >= 15 is 0 Å². The maximum Gasteiger partial charge on any atom is 0.251 e. The summed E-state index contributed by atoms with van der Waals surface area (Å²) in [5.41, 5.74) is 5.61. The molecule has 0 bridgehead atoms. The van der Waals surface area contributed by atoms with Gasteiger partial charge in [0.05, 0.1) is 0 Å². The van der Waals surface area contributed by atoms with E-state index in [0.717, 1.165) is 5.56 Å². The monoisotopic (exact) mass is 166 g/mol. The topological polar surface area (TPSA) is 65.1 Å². The Hall–Kier alpha value is -1.58. The number of pyridine rings is 1. The molecule has 0 aliphatic carbocycles. The Balaban J connectivity index is 3.02. The van der Waals surface area contributed by atoms with Crippen molar-refractivity contribution in [2.45, 2.75) is 13.5 Å². The minimum Gasteiger partial charge on any atom is -0.368 e. The zero-order valence-electron chi connectivity index (χ0n) is 6.78. The molecule has 0 fully saturated rings. The number of rotatable bonds is 2. The normalized spacial score (nSPS) is 9.75. The Labute approximate surface area is 69.6 Å². The van der Waals surface area contributed by atoms with Crippen LogP contribution in [0, 0.1) is 6.92 Å². The Kier molecular flexibility index (Phi) is 2.28. The number of amides is 1. The Morgan fingerprint density at radius 2 is 2.33 bits per heavy atom. The van der Waals surface area contributed by atoms with Gasteiger partial charge in [0, 0.05) is 12.3 Å². The van der Waals surface area contributed by atoms with Crippen molar-refractivity contribution >= 4 is 5.91 Å². The van der Waals surface area contributed by atoms with Crippen LogP contribution in [0.15, 0.2) is 23.1 Å². The quantitative estimate of drug-likeness (QED) is 0.652. The minimum absolute atomic E-state index is 0.0564. The number of hydrogen-bond acceptors (Lipinski definition) is 2. The molecule has 0 saturated heterocycles. The van der Waals surface area contributed by atoms with Crippen molar-refractivity contribution in [3.05, 3.63) is 34.2 Å². The van der Waals surface area contributed by atoms with Crippen LogP contribution >= 0.6 is 0 Å². The van der Waals surface area contributed by atoms with Crippen LogP contribution in [-0.2, 0) is 11.3 Å². The summed E-state index contributed by atoms with van der Waals surface area (Å²) in [5, 5.41) is 0. The van der Waals surface area contributed by atoms with Gasteiger partial charge in [0.25, 0.3) is 5.56 Å². The number of primary amides is 1. The predicted octanol–water partition coefficient (Wildman–Crippen LogP) is -0.358. The average molecular weight is 166 g/mol.